The Morgan fingerprint density at radius 1 is 0.510 bits per heavy atom. The fourth-order valence-corrected chi connectivity index (χ4v) is 7.83. The number of aromatic nitrogens is 2. The molecule has 0 radical (unpaired) electrons. The average molecular weight is 625 g/mol. The summed E-state index contributed by atoms with van der Waals surface area (Å²) < 4.78 is 10.7. The number of hydrogen-bond acceptors (Lipinski definition) is 2. The normalized spacial score (nSPS) is 11.6. The standard InChI is InChI=1S/C44H24N4O/c1-46-34-23-22-27(33(26-45)44(34)48-36-18-8-3-13-29(36)30-14-4-9-19-37(30)48)28-12-2-7-17-35(28)47-38-20-10-5-15-31(38)42-39(47)24-25-41-43(42)32-16-6-11-21-40(32)49-41/h2-25H. The molecule has 5 heteroatoms. The van der Waals surface area contributed by atoms with Gasteiger partial charge in [-0.1, -0.05) is 103 Å². The highest BCUT2D eigenvalue weighted by Gasteiger charge is 2.24. The molecule has 3 heterocycles. The molecule has 0 aliphatic rings. The summed E-state index contributed by atoms with van der Waals surface area (Å²) in [6.45, 7) is 8.19. The Bertz CT molecular complexity index is 3030. The van der Waals surface area contributed by atoms with Gasteiger partial charge < -0.3 is 13.6 Å². The van der Waals surface area contributed by atoms with E-state index in [1.54, 1.807) is 0 Å². The maximum Gasteiger partial charge on any atom is 0.211 e. The van der Waals surface area contributed by atoms with Crippen LogP contribution in [0, 0.1) is 17.9 Å². The minimum atomic E-state index is 0.426. The molecule has 226 valence electrons. The summed E-state index contributed by atoms with van der Waals surface area (Å²) in [5.41, 5.74) is 9.81. The number of para-hydroxylation sites is 5. The van der Waals surface area contributed by atoms with Crippen LogP contribution in [0.5, 0.6) is 0 Å². The third-order valence-corrected chi connectivity index (χ3v) is 9.80. The zero-order valence-electron chi connectivity index (χ0n) is 26.1. The zero-order valence-corrected chi connectivity index (χ0v) is 26.1. The molecule has 10 aromatic rings. The molecule has 0 unspecified atom stereocenters. The van der Waals surface area contributed by atoms with Crippen LogP contribution in [0.2, 0.25) is 0 Å². The van der Waals surface area contributed by atoms with E-state index in [0.717, 1.165) is 82.4 Å². The predicted molar refractivity (Wildman–Crippen MR) is 199 cm³/mol. The van der Waals surface area contributed by atoms with Gasteiger partial charge in [0.15, 0.2) is 0 Å². The Hall–Kier alpha value is -7.08. The summed E-state index contributed by atoms with van der Waals surface area (Å²) in [6, 6.07) is 51.8. The zero-order chi connectivity index (χ0) is 32.6. The van der Waals surface area contributed by atoms with Crippen molar-refractivity contribution in [2.75, 3.05) is 0 Å². The van der Waals surface area contributed by atoms with E-state index in [0.29, 0.717) is 16.9 Å². The Labute approximate surface area is 280 Å². The molecule has 3 aromatic heterocycles. The molecule has 10 rings (SSSR count). The number of benzene rings is 7. The van der Waals surface area contributed by atoms with Crippen LogP contribution in [0.4, 0.5) is 5.69 Å². The van der Waals surface area contributed by atoms with Crippen LogP contribution < -0.4 is 0 Å². The summed E-state index contributed by atoms with van der Waals surface area (Å²) in [7, 11) is 0. The number of nitrogens with zero attached hydrogens (tertiary/aromatic N) is 4. The van der Waals surface area contributed by atoms with E-state index in [1.165, 1.54) is 0 Å². The van der Waals surface area contributed by atoms with Crippen LogP contribution in [0.1, 0.15) is 5.56 Å². The molecule has 5 nitrogen and oxygen atoms in total. The summed E-state index contributed by atoms with van der Waals surface area (Å²) in [5.74, 6) is 0. The number of furan rings is 1. The lowest BCUT2D eigenvalue weighted by atomic mass is 9.96. The molecule has 0 atom stereocenters. The van der Waals surface area contributed by atoms with Gasteiger partial charge in [-0.05, 0) is 42.5 Å². The van der Waals surface area contributed by atoms with Gasteiger partial charge in [0.1, 0.15) is 17.2 Å². The summed E-state index contributed by atoms with van der Waals surface area (Å²) in [5, 5.41) is 17.6. The molecule has 0 aliphatic heterocycles. The van der Waals surface area contributed by atoms with E-state index in [9.17, 15) is 5.26 Å². The van der Waals surface area contributed by atoms with E-state index >= 15 is 0 Å². The van der Waals surface area contributed by atoms with Gasteiger partial charge in [-0.15, -0.1) is 0 Å². The third kappa shape index (κ3) is 3.67. The fourth-order valence-electron chi connectivity index (χ4n) is 7.83. The van der Waals surface area contributed by atoms with E-state index in [4.69, 9.17) is 11.0 Å². The largest absolute Gasteiger partial charge is 0.456 e. The molecule has 0 saturated heterocycles. The first-order valence-electron chi connectivity index (χ1n) is 16.1. The molecule has 0 N–H and O–H groups in total. The van der Waals surface area contributed by atoms with Crippen molar-refractivity contribution >= 4 is 71.2 Å². The quantitative estimate of drug-likeness (QED) is 0.184. The molecular weight excluding hydrogens is 601 g/mol. The lowest BCUT2D eigenvalue weighted by molar-refractivity contribution is 0.669. The molecule has 49 heavy (non-hydrogen) atoms. The first kappa shape index (κ1) is 27.1. The Kier molecular flexibility index (Phi) is 5.64. The number of hydrogen-bond donors (Lipinski definition) is 0. The second-order valence-corrected chi connectivity index (χ2v) is 12.2. The molecule has 0 amide bonds. The molecular formula is C44H24N4O. The van der Waals surface area contributed by atoms with Crippen molar-refractivity contribution in [2.45, 2.75) is 0 Å². The van der Waals surface area contributed by atoms with Gasteiger partial charge in [0, 0.05) is 43.4 Å². The van der Waals surface area contributed by atoms with Crippen LogP contribution >= 0.6 is 0 Å². The van der Waals surface area contributed by atoms with Gasteiger partial charge in [-0.2, -0.15) is 5.26 Å². The monoisotopic (exact) mass is 624 g/mol. The van der Waals surface area contributed by atoms with Crippen LogP contribution in [0.3, 0.4) is 0 Å². The van der Waals surface area contributed by atoms with Crippen molar-refractivity contribution in [1.29, 1.82) is 5.26 Å². The van der Waals surface area contributed by atoms with Crippen LogP contribution in [-0.2, 0) is 0 Å². The van der Waals surface area contributed by atoms with E-state index in [-0.39, 0.29) is 0 Å². The fraction of sp³-hybridized carbons (Fsp3) is 0. The van der Waals surface area contributed by atoms with Crippen molar-refractivity contribution < 1.29 is 4.42 Å². The lowest BCUT2D eigenvalue weighted by Gasteiger charge is -2.18. The Morgan fingerprint density at radius 2 is 1.12 bits per heavy atom. The highest BCUT2D eigenvalue weighted by atomic mass is 16.3. The van der Waals surface area contributed by atoms with Crippen LogP contribution in [0.15, 0.2) is 150 Å². The topological polar surface area (TPSA) is 51.1 Å². The van der Waals surface area contributed by atoms with Gasteiger partial charge in [0.25, 0.3) is 0 Å². The Morgan fingerprint density at radius 3 is 1.84 bits per heavy atom. The van der Waals surface area contributed by atoms with Crippen LogP contribution in [0.25, 0.3) is 92.9 Å². The van der Waals surface area contributed by atoms with Gasteiger partial charge in [0.05, 0.1) is 45.6 Å². The predicted octanol–water partition coefficient (Wildman–Crippen LogP) is 11.9. The van der Waals surface area contributed by atoms with Gasteiger partial charge >= 0.3 is 0 Å². The summed E-state index contributed by atoms with van der Waals surface area (Å²) >= 11 is 0. The van der Waals surface area contributed by atoms with Crippen molar-refractivity contribution in [1.82, 2.24) is 9.13 Å². The van der Waals surface area contributed by atoms with Gasteiger partial charge in [-0.3, -0.25) is 0 Å². The first-order chi connectivity index (χ1) is 24.3. The second kappa shape index (κ2) is 10.2. The molecule has 7 aromatic carbocycles. The lowest BCUT2D eigenvalue weighted by Crippen LogP contribution is -2.02. The highest BCUT2D eigenvalue weighted by molar-refractivity contribution is 6.27. The van der Waals surface area contributed by atoms with Crippen LogP contribution in [-0.4, -0.2) is 9.13 Å². The van der Waals surface area contributed by atoms with Gasteiger partial charge in [0.2, 0.25) is 5.69 Å². The maximum absolute atomic E-state index is 11.0. The minimum absolute atomic E-state index is 0.426. The molecule has 0 saturated carbocycles. The molecule has 0 spiro atoms. The highest BCUT2D eigenvalue weighted by Crippen LogP contribution is 2.45. The van der Waals surface area contributed by atoms with Crippen molar-refractivity contribution in [2.24, 2.45) is 0 Å². The first-order valence-corrected chi connectivity index (χ1v) is 16.1. The van der Waals surface area contributed by atoms with Crippen molar-refractivity contribution in [3.8, 4) is 28.6 Å². The second-order valence-electron chi connectivity index (χ2n) is 12.2. The average Bonchev–Trinajstić information content (AvgIpc) is 3.81. The van der Waals surface area contributed by atoms with E-state index in [1.807, 2.05) is 60.7 Å². The maximum atomic E-state index is 11.0. The van der Waals surface area contributed by atoms with Gasteiger partial charge in [-0.25, -0.2) is 4.85 Å². The minimum Gasteiger partial charge on any atom is -0.456 e. The summed E-state index contributed by atoms with van der Waals surface area (Å²) in [6.07, 6.45) is 0. The Balaban J connectivity index is 1.31. The molecule has 0 aliphatic carbocycles. The van der Waals surface area contributed by atoms with E-state index in [2.05, 4.69) is 105 Å². The van der Waals surface area contributed by atoms with E-state index < -0.39 is 0 Å². The third-order valence-electron chi connectivity index (χ3n) is 9.80. The molecule has 0 bridgehead atoms. The smallest absolute Gasteiger partial charge is 0.211 e. The number of rotatable bonds is 3. The summed E-state index contributed by atoms with van der Waals surface area (Å²) in [4.78, 5) is 3.95. The van der Waals surface area contributed by atoms with Crippen molar-refractivity contribution in [3.05, 3.63) is 163 Å². The molecule has 0 fully saturated rings. The van der Waals surface area contributed by atoms with Crippen molar-refractivity contribution in [3.63, 3.8) is 0 Å². The SMILES string of the molecule is [C-]#[N+]c1ccc(-c2ccccc2-n2c3ccccc3c3c4c(ccc32)oc2ccccc24)c(C#N)c1-n1c2ccccc2c2ccccc21. The number of fused-ring (bicyclic) bond motifs is 10. The number of nitriles is 1.